The van der Waals surface area contributed by atoms with Gasteiger partial charge in [0.1, 0.15) is 5.76 Å². The molecule has 1 amide bonds. The molecule has 3 aromatic rings. The number of aryl methyl sites for hydroxylation is 2. The molecule has 4 nitrogen and oxygen atoms in total. The van der Waals surface area contributed by atoms with Gasteiger partial charge in [-0.15, -0.1) is 0 Å². The Hall–Kier alpha value is -2.34. The predicted molar refractivity (Wildman–Crippen MR) is 114 cm³/mol. The first-order valence-corrected chi connectivity index (χ1v) is 9.25. The van der Waals surface area contributed by atoms with Crippen molar-refractivity contribution in [3.8, 4) is 11.3 Å². The van der Waals surface area contributed by atoms with Crippen molar-refractivity contribution in [2.24, 2.45) is 0 Å². The van der Waals surface area contributed by atoms with Gasteiger partial charge in [-0.1, -0.05) is 35.3 Å². The molecule has 0 fully saturated rings. The number of carbonyl (C=O) groups excluding carboxylic acids is 1. The van der Waals surface area contributed by atoms with Crippen molar-refractivity contribution in [1.82, 2.24) is 5.32 Å². The lowest BCUT2D eigenvalue weighted by Gasteiger charge is -2.10. The summed E-state index contributed by atoms with van der Waals surface area (Å²) < 4.78 is 5.67. The van der Waals surface area contributed by atoms with E-state index in [1.165, 1.54) is 5.56 Å². The van der Waals surface area contributed by atoms with Crippen molar-refractivity contribution in [1.29, 1.82) is 0 Å². The molecular weight excluding hydrogens is 403 g/mol. The van der Waals surface area contributed by atoms with Gasteiger partial charge in [0.05, 0.1) is 10.7 Å². The average molecular weight is 419 g/mol. The molecule has 2 aromatic carbocycles. The van der Waals surface area contributed by atoms with E-state index in [1.54, 1.807) is 30.3 Å². The van der Waals surface area contributed by atoms with Crippen molar-refractivity contribution in [3.05, 3.63) is 75.5 Å². The zero-order valence-electron chi connectivity index (χ0n) is 14.6. The molecule has 0 aliphatic rings. The number of rotatable bonds is 3. The van der Waals surface area contributed by atoms with E-state index in [0.29, 0.717) is 21.5 Å². The minimum atomic E-state index is -0.451. The molecule has 0 aliphatic carbocycles. The number of amides is 1. The fourth-order valence-electron chi connectivity index (χ4n) is 2.42. The molecule has 138 valence electrons. The lowest BCUT2D eigenvalue weighted by atomic mass is 10.1. The molecule has 1 heterocycles. The van der Waals surface area contributed by atoms with Crippen LogP contribution >= 0.6 is 35.4 Å². The number of benzene rings is 2. The van der Waals surface area contributed by atoms with Crippen LogP contribution in [-0.4, -0.2) is 11.0 Å². The molecule has 0 bridgehead atoms. The molecule has 1 aromatic heterocycles. The monoisotopic (exact) mass is 418 g/mol. The Bertz CT molecular complexity index is 1030. The Morgan fingerprint density at radius 3 is 2.48 bits per heavy atom. The second-order valence-corrected chi connectivity index (χ2v) is 7.25. The highest BCUT2D eigenvalue weighted by Gasteiger charge is 2.14. The normalized spacial score (nSPS) is 10.5. The van der Waals surface area contributed by atoms with Crippen molar-refractivity contribution >= 4 is 52.1 Å². The van der Waals surface area contributed by atoms with E-state index >= 15 is 0 Å². The van der Waals surface area contributed by atoms with Crippen molar-refractivity contribution < 1.29 is 9.21 Å². The van der Waals surface area contributed by atoms with Crippen LogP contribution in [0.15, 0.2) is 52.9 Å². The number of furan rings is 1. The molecule has 0 unspecified atom stereocenters. The third-order valence-corrected chi connectivity index (χ3v) is 4.78. The van der Waals surface area contributed by atoms with Gasteiger partial charge in [0.2, 0.25) is 0 Å². The Labute approximate surface area is 172 Å². The molecule has 0 spiro atoms. The van der Waals surface area contributed by atoms with E-state index < -0.39 is 5.91 Å². The average Bonchev–Trinajstić information content (AvgIpc) is 3.10. The van der Waals surface area contributed by atoms with Gasteiger partial charge in [0.25, 0.3) is 5.91 Å². The maximum Gasteiger partial charge on any atom is 0.293 e. The first-order valence-electron chi connectivity index (χ1n) is 8.08. The van der Waals surface area contributed by atoms with Gasteiger partial charge in [0, 0.05) is 10.6 Å². The molecule has 0 atom stereocenters. The van der Waals surface area contributed by atoms with Crippen LogP contribution in [0.25, 0.3) is 11.3 Å². The number of halogens is 2. The third kappa shape index (κ3) is 4.69. The van der Waals surface area contributed by atoms with Crippen LogP contribution in [0.3, 0.4) is 0 Å². The number of anilines is 1. The summed E-state index contributed by atoms with van der Waals surface area (Å²) in [5.74, 6) is 0.324. The SMILES string of the molecule is Cc1ccc(-c2ccc(C(=O)NC(=S)Nc3ccc(Cl)cc3Cl)o2)cc1C. The Balaban J connectivity index is 1.68. The highest BCUT2D eigenvalue weighted by Crippen LogP contribution is 2.26. The van der Waals surface area contributed by atoms with Gasteiger partial charge in [-0.25, -0.2) is 0 Å². The first-order chi connectivity index (χ1) is 12.8. The zero-order chi connectivity index (χ0) is 19.6. The van der Waals surface area contributed by atoms with Crippen molar-refractivity contribution in [2.75, 3.05) is 5.32 Å². The quantitative estimate of drug-likeness (QED) is 0.512. The minimum absolute atomic E-state index is 0.105. The number of thiocarbonyl (C=S) groups is 1. The molecule has 0 saturated heterocycles. The standard InChI is InChI=1S/C20H16Cl2N2O2S/c1-11-3-4-13(9-12(11)2)17-7-8-18(26-17)19(25)24-20(27)23-16-6-5-14(21)10-15(16)22/h3-10H,1-2H3,(H2,23,24,25,27). The second-order valence-electron chi connectivity index (χ2n) is 6.00. The number of nitrogens with one attached hydrogen (secondary N) is 2. The summed E-state index contributed by atoms with van der Waals surface area (Å²) in [5.41, 5.74) is 3.80. The Kier molecular flexibility index (Phi) is 5.85. The number of hydrogen-bond donors (Lipinski definition) is 2. The summed E-state index contributed by atoms with van der Waals surface area (Å²) in [5, 5.41) is 6.44. The van der Waals surface area contributed by atoms with Crippen LogP contribution < -0.4 is 10.6 Å². The van der Waals surface area contributed by atoms with Crippen LogP contribution in [0.5, 0.6) is 0 Å². The lowest BCUT2D eigenvalue weighted by Crippen LogP contribution is -2.33. The predicted octanol–water partition coefficient (Wildman–Crippen LogP) is 6.00. The van der Waals surface area contributed by atoms with Gasteiger partial charge in [0.15, 0.2) is 10.9 Å². The van der Waals surface area contributed by atoms with Gasteiger partial charge in [-0.3, -0.25) is 10.1 Å². The van der Waals surface area contributed by atoms with Crippen LogP contribution in [-0.2, 0) is 0 Å². The topological polar surface area (TPSA) is 54.3 Å². The second kappa shape index (κ2) is 8.13. The van der Waals surface area contributed by atoms with Gasteiger partial charge < -0.3 is 9.73 Å². The number of hydrogen-bond acceptors (Lipinski definition) is 3. The van der Waals surface area contributed by atoms with Crippen LogP contribution in [0.1, 0.15) is 21.7 Å². The van der Waals surface area contributed by atoms with Gasteiger partial charge >= 0.3 is 0 Å². The zero-order valence-corrected chi connectivity index (χ0v) is 16.9. The van der Waals surface area contributed by atoms with Crippen LogP contribution in [0, 0.1) is 13.8 Å². The largest absolute Gasteiger partial charge is 0.451 e. The van der Waals surface area contributed by atoms with E-state index in [0.717, 1.165) is 11.1 Å². The minimum Gasteiger partial charge on any atom is -0.451 e. The first kappa shape index (κ1) is 19.4. The summed E-state index contributed by atoms with van der Waals surface area (Å²) in [6, 6.07) is 14.3. The summed E-state index contributed by atoms with van der Waals surface area (Å²) in [6.45, 7) is 4.07. The summed E-state index contributed by atoms with van der Waals surface area (Å²) in [7, 11) is 0. The van der Waals surface area contributed by atoms with Gasteiger partial charge in [-0.05, 0) is 73.6 Å². The van der Waals surface area contributed by atoms with E-state index in [2.05, 4.69) is 10.6 Å². The molecule has 0 saturated carbocycles. The molecular formula is C20H16Cl2N2O2S. The smallest absolute Gasteiger partial charge is 0.293 e. The highest BCUT2D eigenvalue weighted by molar-refractivity contribution is 7.80. The van der Waals surface area contributed by atoms with Crippen LogP contribution in [0.4, 0.5) is 5.69 Å². The molecule has 0 aliphatic heterocycles. The summed E-state index contributed by atoms with van der Waals surface area (Å²) in [6.07, 6.45) is 0. The maximum atomic E-state index is 12.4. The van der Waals surface area contributed by atoms with E-state index in [1.807, 2.05) is 32.0 Å². The van der Waals surface area contributed by atoms with Crippen LogP contribution in [0.2, 0.25) is 10.0 Å². The Morgan fingerprint density at radius 2 is 1.78 bits per heavy atom. The van der Waals surface area contributed by atoms with E-state index in [-0.39, 0.29) is 10.9 Å². The van der Waals surface area contributed by atoms with E-state index in [4.69, 9.17) is 39.8 Å². The molecule has 3 rings (SSSR count). The molecule has 0 radical (unpaired) electrons. The summed E-state index contributed by atoms with van der Waals surface area (Å²) in [4.78, 5) is 12.4. The molecule has 27 heavy (non-hydrogen) atoms. The highest BCUT2D eigenvalue weighted by atomic mass is 35.5. The van der Waals surface area contributed by atoms with Crippen molar-refractivity contribution in [3.63, 3.8) is 0 Å². The van der Waals surface area contributed by atoms with Crippen molar-refractivity contribution in [2.45, 2.75) is 13.8 Å². The van der Waals surface area contributed by atoms with Gasteiger partial charge in [-0.2, -0.15) is 0 Å². The third-order valence-electron chi connectivity index (χ3n) is 4.03. The summed E-state index contributed by atoms with van der Waals surface area (Å²) >= 11 is 17.1. The maximum absolute atomic E-state index is 12.4. The number of carbonyl (C=O) groups is 1. The lowest BCUT2D eigenvalue weighted by molar-refractivity contribution is 0.0951. The van der Waals surface area contributed by atoms with E-state index in [9.17, 15) is 4.79 Å². The molecule has 2 N–H and O–H groups in total. The fraction of sp³-hybridized carbons (Fsp3) is 0.100. The fourth-order valence-corrected chi connectivity index (χ4v) is 3.08. The Morgan fingerprint density at radius 1 is 1.00 bits per heavy atom. The molecule has 7 heteroatoms.